The van der Waals surface area contributed by atoms with Crippen LogP contribution >= 0.6 is 23.1 Å². The number of nitriles is 1. The minimum atomic E-state index is -0.181. The fraction of sp³-hybridized carbons (Fsp3) is 0.0476. The number of anilines is 1. The van der Waals surface area contributed by atoms with Crippen LogP contribution in [-0.4, -0.2) is 21.6 Å². The number of fused-ring (bicyclic) bond motifs is 1. The highest BCUT2D eigenvalue weighted by Crippen LogP contribution is 2.27. The molecule has 0 unspecified atom stereocenters. The van der Waals surface area contributed by atoms with Gasteiger partial charge in [0.1, 0.15) is 11.1 Å². The molecular formula is C21H14N4OS2. The molecule has 0 saturated carbocycles. The van der Waals surface area contributed by atoms with Crippen LogP contribution in [0.1, 0.15) is 5.56 Å². The lowest BCUT2D eigenvalue weighted by molar-refractivity contribution is -0.113. The van der Waals surface area contributed by atoms with Crippen LogP contribution in [0.3, 0.4) is 0 Å². The number of hydrogen-bond acceptors (Lipinski definition) is 6. The number of hydrogen-bond donors (Lipinski definition) is 1. The van der Waals surface area contributed by atoms with Crippen LogP contribution in [0.5, 0.6) is 0 Å². The normalized spacial score (nSPS) is 10.5. The monoisotopic (exact) mass is 402 g/mol. The van der Waals surface area contributed by atoms with Crippen molar-refractivity contribution in [2.45, 2.75) is 5.03 Å². The molecule has 4 rings (SSSR count). The van der Waals surface area contributed by atoms with Crippen LogP contribution in [0.4, 0.5) is 5.13 Å². The van der Waals surface area contributed by atoms with Gasteiger partial charge >= 0.3 is 0 Å². The summed E-state index contributed by atoms with van der Waals surface area (Å²) in [6, 6.07) is 23.2. The molecular weight excluding hydrogens is 388 g/mol. The SMILES string of the molecule is N#Cc1ccc(-c2ccccc2)nc1SCC(=O)Nc1nc2ccccc2s1. The van der Waals surface area contributed by atoms with Crippen LogP contribution in [0, 0.1) is 11.3 Å². The molecule has 2 heterocycles. The van der Waals surface area contributed by atoms with Gasteiger partial charge < -0.3 is 5.32 Å². The van der Waals surface area contributed by atoms with Crippen LogP contribution < -0.4 is 5.32 Å². The second-order valence-corrected chi connectivity index (χ2v) is 7.85. The van der Waals surface area contributed by atoms with E-state index < -0.39 is 0 Å². The second kappa shape index (κ2) is 8.21. The van der Waals surface area contributed by atoms with Gasteiger partial charge in [0.2, 0.25) is 5.91 Å². The molecule has 0 fully saturated rings. The molecule has 0 radical (unpaired) electrons. The van der Waals surface area contributed by atoms with Gasteiger partial charge in [-0.25, -0.2) is 9.97 Å². The molecule has 0 saturated heterocycles. The molecule has 0 aliphatic rings. The van der Waals surface area contributed by atoms with Gasteiger partial charge in [0.25, 0.3) is 0 Å². The molecule has 0 aliphatic carbocycles. The minimum Gasteiger partial charge on any atom is -0.301 e. The van der Waals surface area contributed by atoms with Crippen LogP contribution in [0.15, 0.2) is 71.8 Å². The summed E-state index contributed by atoms with van der Waals surface area (Å²) in [5.41, 5.74) is 3.05. The maximum atomic E-state index is 12.3. The Bertz CT molecular complexity index is 1150. The Morgan fingerprint density at radius 3 is 2.61 bits per heavy atom. The highest BCUT2D eigenvalue weighted by atomic mass is 32.2. The molecule has 2 aromatic heterocycles. The number of amides is 1. The zero-order valence-electron chi connectivity index (χ0n) is 14.6. The zero-order valence-corrected chi connectivity index (χ0v) is 16.3. The standard InChI is InChI=1S/C21H14N4OS2/c22-12-15-10-11-16(14-6-2-1-3-7-14)23-20(15)27-13-19(26)25-21-24-17-8-4-5-9-18(17)28-21/h1-11H,13H2,(H,24,25,26). The quantitative estimate of drug-likeness (QED) is 0.477. The summed E-state index contributed by atoms with van der Waals surface area (Å²) in [5.74, 6) is -0.0320. The minimum absolute atomic E-state index is 0.149. The molecule has 0 atom stereocenters. The molecule has 5 nitrogen and oxygen atoms in total. The first-order chi connectivity index (χ1) is 13.7. The molecule has 0 spiro atoms. The van der Waals surface area contributed by atoms with Gasteiger partial charge in [-0.2, -0.15) is 5.26 Å². The molecule has 1 N–H and O–H groups in total. The molecule has 136 valence electrons. The van der Waals surface area contributed by atoms with Crippen LogP contribution in [-0.2, 0) is 4.79 Å². The summed E-state index contributed by atoms with van der Waals surface area (Å²) < 4.78 is 1.02. The number of thiazole rings is 1. The molecule has 0 aliphatic heterocycles. The number of aromatic nitrogens is 2. The van der Waals surface area contributed by atoms with E-state index >= 15 is 0 Å². The first kappa shape index (κ1) is 18.2. The molecule has 28 heavy (non-hydrogen) atoms. The number of pyridine rings is 1. The lowest BCUT2D eigenvalue weighted by Gasteiger charge is -2.06. The first-order valence-electron chi connectivity index (χ1n) is 8.48. The maximum Gasteiger partial charge on any atom is 0.236 e. The number of nitrogens with one attached hydrogen (secondary N) is 1. The Hall–Kier alpha value is -3.21. The van der Waals surface area contributed by atoms with Gasteiger partial charge in [-0.15, -0.1) is 0 Å². The van der Waals surface area contributed by atoms with Crippen molar-refractivity contribution >= 4 is 44.4 Å². The third kappa shape index (κ3) is 4.03. The van der Waals surface area contributed by atoms with Crippen molar-refractivity contribution in [1.82, 2.24) is 9.97 Å². The Labute approximate surface area is 170 Å². The number of rotatable bonds is 5. The number of nitrogens with zero attached hydrogens (tertiary/aromatic N) is 3. The van der Waals surface area contributed by atoms with Gasteiger partial charge in [0, 0.05) is 5.56 Å². The molecule has 4 aromatic rings. The second-order valence-electron chi connectivity index (χ2n) is 5.85. The van der Waals surface area contributed by atoms with E-state index in [0.29, 0.717) is 15.7 Å². The predicted octanol–water partition coefficient (Wildman–Crippen LogP) is 4.96. The summed E-state index contributed by atoms with van der Waals surface area (Å²) >= 11 is 2.68. The molecule has 7 heteroatoms. The zero-order chi connectivity index (χ0) is 19.3. The van der Waals surface area contributed by atoms with E-state index in [1.807, 2.05) is 60.7 Å². The Morgan fingerprint density at radius 1 is 1.04 bits per heavy atom. The largest absolute Gasteiger partial charge is 0.301 e. The lowest BCUT2D eigenvalue weighted by atomic mass is 10.1. The van der Waals surface area contributed by atoms with Crippen molar-refractivity contribution in [3.8, 4) is 17.3 Å². The van der Waals surface area contributed by atoms with Gasteiger partial charge in [-0.3, -0.25) is 4.79 Å². The van der Waals surface area contributed by atoms with E-state index in [-0.39, 0.29) is 11.7 Å². The maximum absolute atomic E-state index is 12.3. The van der Waals surface area contributed by atoms with Crippen molar-refractivity contribution in [2.75, 3.05) is 11.1 Å². The molecule has 2 aromatic carbocycles. The highest BCUT2D eigenvalue weighted by molar-refractivity contribution is 8.00. The van der Waals surface area contributed by atoms with Crippen molar-refractivity contribution in [1.29, 1.82) is 5.26 Å². The number of para-hydroxylation sites is 1. The molecule has 1 amide bonds. The fourth-order valence-corrected chi connectivity index (χ4v) is 4.27. The van der Waals surface area contributed by atoms with E-state index in [1.54, 1.807) is 6.07 Å². The lowest BCUT2D eigenvalue weighted by Crippen LogP contribution is -2.14. The van der Waals surface area contributed by atoms with E-state index in [9.17, 15) is 10.1 Å². The summed E-state index contributed by atoms with van der Waals surface area (Å²) in [4.78, 5) is 21.3. The van der Waals surface area contributed by atoms with Crippen molar-refractivity contribution in [2.24, 2.45) is 0 Å². The summed E-state index contributed by atoms with van der Waals surface area (Å²) in [6.45, 7) is 0. The van der Waals surface area contributed by atoms with Crippen LogP contribution in [0.2, 0.25) is 0 Å². The van der Waals surface area contributed by atoms with Crippen molar-refractivity contribution < 1.29 is 4.79 Å². The molecule has 0 bridgehead atoms. The van der Waals surface area contributed by atoms with Gasteiger partial charge in [-0.05, 0) is 24.3 Å². The van der Waals surface area contributed by atoms with E-state index in [2.05, 4.69) is 21.4 Å². The Kier molecular flexibility index (Phi) is 5.33. The third-order valence-electron chi connectivity index (χ3n) is 3.93. The summed E-state index contributed by atoms with van der Waals surface area (Å²) in [5, 5.41) is 13.3. The van der Waals surface area contributed by atoms with E-state index in [0.717, 1.165) is 21.5 Å². The number of benzene rings is 2. The van der Waals surface area contributed by atoms with Gasteiger partial charge in [-0.1, -0.05) is 65.6 Å². The first-order valence-corrected chi connectivity index (χ1v) is 10.3. The van der Waals surface area contributed by atoms with E-state index in [1.165, 1.54) is 23.1 Å². The predicted molar refractivity (Wildman–Crippen MR) is 113 cm³/mol. The highest BCUT2D eigenvalue weighted by Gasteiger charge is 2.12. The van der Waals surface area contributed by atoms with E-state index in [4.69, 9.17) is 0 Å². The van der Waals surface area contributed by atoms with Gasteiger partial charge in [0.15, 0.2) is 5.13 Å². The van der Waals surface area contributed by atoms with Crippen LogP contribution in [0.25, 0.3) is 21.5 Å². The third-order valence-corrected chi connectivity index (χ3v) is 5.87. The Morgan fingerprint density at radius 2 is 1.82 bits per heavy atom. The van der Waals surface area contributed by atoms with Gasteiger partial charge in [0.05, 0.1) is 27.2 Å². The number of thioether (sulfide) groups is 1. The average molecular weight is 403 g/mol. The Balaban J connectivity index is 1.47. The topological polar surface area (TPSA) is 78.7 Å². The average Bonchev–Trinajstić information content (AvgIpc) is 3.15. The summed E-state index contributed by atoms with van der Waals surface area (Å²) in [7, 11) is 0. The fourth-order valence-electron chi connectivity index (χ4n) is 2.62. The van der Waals surface area contributed by atoms with Crippen molar-refractivity contribution in [3.05, 3.63) is 72.3 Å². The number of carbonyl (C=O) groups excluding carboxylic acids is 1. The summed E-state index contributed by atoms with van der Waals surface area (Å²) in [6.07, 6.45) is 0. The smallest absolute Gasteiger partial charge is 0.236 e. The van der Waals surface area contributed by atoms with Crippen molar-refractivity contribution in [3.63, 3.8) is 0 Å². The number of carbonyl (C=O) groups is 1.